The number of hydrogen-bond acceptors (Lipinski definition) is 4. The van der Waals surface area contributed by atoms with Gasteiger partial charge in [0.15, 0.2) is 0 Å². The van der Waals surface area contributed by atoms with Crippen LogP contribution in [0, 0.1) is 0 Å². The summed E-state index contributed by atoms with van der Waals surface area (Å²) in [5.41, 5.74) is 5.43. The van der Waals surface area contributed by atoms with Crippen molar-refractivity contribution in [2.45, 2.75) is 225 Å². The maximum atomic E-state index is 12.6. The van der Waals surface area contributed by atoms with Gasteiger partial charge in [-0.2, -0.15) is 0 Å². The fraction of sp³-hybridized carbons (Fsp3) is 0.857. The van der Waals surface area contributed by atoms with Crippen molar-refractivity contribution in [3.05, 3.63) is 24.3 Å². The number of allylic oxidation sites excluding steroid dienone is 4. The van der Waals surface area contributed by atoms with E-state index in [9.17, 15) is 14.7 Å². The molecule has 0 spiro atoms. The molecule has 0 radical (unpaired) electrons. The Hall–Kier alpha value is -1.66. The minimum Gasteiger partial charge on any atom is -0.394 e. The Kier molecular flexibility index (Phi) is 32.6. The van der Waals surface area contributed by atoms with Crippen molar-refractivity contribution in [3.63, 3.8) is 0 Å². The SMILES string of the molecule is CCCCCCCCC=CCCCCCCCC(=O)NC(C)C(N)(CO)C(C)NC(=O)CCCCCCCC=CCCCCCCCC. The summed E-state index contributed by atoms with van der Waals surface area (Å²) in [5.74, 6) is -0.0922. The number of unbranched alkanes of at least 4 members (excludes halogenated alkanes) is 22. The normalized spacial score (nSPS) is 14.4. The zero-order valence-electron chi connectivity index (χ0n) is 32.3. The molecule has 0 aliphatic rings. The van der Waals surface area contributed by atoms with Gasteiger partial charge in [-0.05, 0) is 78.1 Å². The lowest BCUT2D eigenvalue weighted by Gasteiger charge is -2.39. The third-order valence-corrected chi connectivity index (χ3v) is 9.97. The number of nitrogens with one attached hydrogen (secondary N) is 2. The van der Waals surface area contributed by atoms with Crippen LogP contribution in [0.2, 0.25) is 0 Å². The summed E-state index contributed by atoms with van der Waals surface area (Å²) in [6.45, 7) is 7.84. The minimum absolute atomic E-state index is 0.0461. The zero-order chi connectivity index (χ0) is 35.6. The van der Waals surface area contributed by atoms with Gasteiger partial charge >= 0.3 is 0 Å². The highest BCUT2D eigenvalue weighted by atomic mass is 16.3. The van der Waals surface area contributed by atoms with Crippen molar-refractivity contribution in [3.8, 4) is 0 Å². The maximum Gasteiger partial charge on any atom is 0.220 e. The van der Waals surface area contributed by atoms with E-state index in [0.717, 1.165) is 51.4 Å². The molecule has 0 aliphatic carbocycles. The Balaban J connectivity index is 3.95. The van der Waals surface area contributed by atoms with Gasteiger partial charge in [0.1, 0.15) is 0 Å². The lowest BCUT2D eigenvalue weighted by molar-refractivity contribution is -0.123. The maximum absolute atomic E-state index is 12.6. The average molecular weight is 676 g/mol. The Morgan fingerprint density at radius 2 is 0.792 bits per heavy atom. The van der Waals surface area contributed by atoms with E-state index < -0.39 is 17.6 Å². The largest absolute Gasteiger partial charge is 0.394 e. The van der Waals surface area contributed by atoms with Crippen LogP contribution >= 0.6 is 0 Å². The van der Waals surface area contributed by atoms with Crippen LogP contribution in [0.1, 0.15) is 207 Å². The number of carbonyl (C=O) groups is 2. The van der Waals surface area contributed by atoms with Gasteiger partial charge in [0, 0.05) is 24.9 Å². The number of carbonyl (C=O) groups excluding carboxylic acids is 2. The number of amides is 2. The summed E-state index contributed by atoms with van der Waals surface area (Å²) in [5, 5.41) is 16.1. The van der Waals surface area contributed by atoms with Crippen LogP contribution in [0.25, 0.3) is 0 Å². The Labute approximate surface area is 298 Å². The molecule has 0 aromatic heterocycles. The van der Waals surface area contributed by atoms with E-state index in [4.69, 9.17) is 5.73 Å². The van der Waals surface area contributed by atoms with E-state index in [0.29, 0.717) is 12.8 Å². The summed E-state index contributed by atoms with van der Waals surface area (Å²) in [4.78, 5) is 25.2. The summed E-state index contributed by atoms with van der Waals surface area (Å²) in [6.07, 6.45) is 42.1. The number of hydrogen-bond donors (Lipinski definition) is 4. The molecule has 0 saturated carbocycles. The third kappa shape index (κ3) is 27.2. The van der Waals surface area contributed by atoms with Crippen molar-refractivity contribution in [2.75, 3.05) is 6.61 Å². The molecule has 48 heavy (non-hydrogen) atoms. The summed E-state index contributed by atoms with van der Waals surface area (Å²) in [7, 11) is 0. The first kappa shape index (κ1) is 46.3. The topological polar surface area (TPSA) is 104 Å². The predicted octanol–water partition coefficient (Wildman–Crippen LogP) is 10.8. The predicted molar refractivity (Wildman–Crippen MR) is 208 cm³/mol. The Bertz CT molecular complexity index is 737. The summed E-state index contributed by atoms with van der Waals surface area (Å²) >= 11 is 0. The highest BCUT2D eigenvalue weighted by Crippen LogP contribution is 2.16. The number of nitrogens with two attached hydrogens (primary N) is 1. The average Bonchev–Trinajstić information content (AvgIpc) is 3.07. The van der Waals surface area contributed by atoms with Crippen molar-refractivity contribution < 1.29 is 14.7 Å². The van der Waals surface area contributed by atoms with Crippen LogP contribution in [-0.4, -0.2) is 41.2 Å². The molecule has 2 amide bonds. The first-order valence-electron chi connectivity index (χ1n) is 20.6. The lowest BCUT2D eigenvalue weighted by atomic mass is 9.85. The molecule has 0 aliphatic heterocycles. The van der Waals surface area contributed by atoms with Crippen LogP contribution in [-0.2, 0) is 9.59 Å². The molecular weight excluding hydrogens is 594 g/mol. The first-order chi connectivity index (χ1) is 23.3. The second kappa shape index (κ2) is 33.8. The molecule has 2 unspecified atom stereocenters. The van der Waals surface area contributed by atoms with Gasteiger partial charge in [0.25, 0.3) is 0 Å². The van der Waals surface area contributed by atoms with Crippen LogP contribution in [0.4, 0.5) is 0 Å². The molecular formula is C42H81N3O3. The van der Waals surface area contributed by atoms with Gasteiger partial charge in [-0.3, -0.25) is 9.59 Å². The van der Waals surface area contributed by atoms with Gasteiger partial charge in [-0.1, -0.05) is 141 Å². The first-order valence-corrected chi connectivity index (χ1v) is 20.6. The fourth-order valence-corrected chi connectivity index (χ4v) is 6.26. The second-order valence-electron chi connectivity index (χ2n) is 14.5. The minimum atomic E-state index is -1.13. The molecule has 0 saturated heterocycles. The molecule has 0 aromatic rings. The molecule has 0 bridgehead atoms. The molecule has 0 aromatic carbocycles. The van der Waals surface area contributed by atoms with E-state index in [2.05, 4.69) is 48.8 Å². The molecule has 6 heteroatoms. The van der Waals surface area contributed by atoms with E-state index >= 15 is 0 Å². The fourth-order valence-electron chi connectivity index (χ4n) is 6.26. The van der Waals surface area contributed by atoms with E-state index in [1.54, 1.807) is 0 Å². The van der Waals surface area contributed by atoms with Crippen molar-refractivity contribution in [1.29, 1.82) is 0 Å². The van der Waals surface area contributed by atoms with Crippen molar-refractivity contribution in [2.24, 2.45) is 5.73 Å². The Morgan fingerprint density at radius 3 is 1.08 bits per heavy atom. The quantitative estimate of drug-likeness (QED) is 0.0396. The molecule has 0 fully saturated rings. The van der Waals surface area contributed by atoms with Crippen LogP contribution in [0.15, 0.2) is 24.3 Å². The summed E-state index contributed by atoms with van der Waals surface area (Å²) in [6, 6.07) is -0.929. The van der Waals surface area contributed by atoms with Gasteiger partial charge in [-0.25, -0.2) is 0 Å². The molecule has 0 heterocycles. The standard InChI is InChI=1S/C42H81N3O3/c1-5-7-9-11-13-15-17-19-21-23-25-27-29-31-33-35-40(47)44-38(3)42(43,37-46)39(4)45-41(48)36-34-32-30-28-26-24-22-20-18-16-14-12-10-8-6-2/h19-22,38-39,46H,5-18,23-37,43H2,1-4H3,(H,44,47)(H,45,48). The van der Waals surface area contributed by atoms with E-state index in [1.807, 2.05) is 13.8 Å². The van der Waals surface area contributed by atoms with Crippen LogP contribution < -0.4 is 16.4 Å². The van der Waals surface area contributed by atoms with E-state index in [1.165, 1.54) is 116 Å². The van der Waals surface area contributed by atoms with Crippen LogP contribution in [0.3, 0.4) is 0 Å². The van der Waals surface area contributed by atoms with Crippen LogP contribution in [0.5, 0.6) is 0 Å². The van der Waals surface area contributed by atoms with Gasteiger partial charge in [0.2, 0.25) is 11.8 Å². The Morgan fingerprint density at radius 1 is 0.521 bits per heavy atom. The molecule has 2 atom stereocenters. The third-order valence-electron chi connectivity index (χ3n) is 9.97. The van der Waals surface area contributed by atoms with Gasteiger partial charge in [-0.15, -0.1) is 0 Å². The number of aliphatic hydroxyl groups excluding tert-OH is 1. The number of aliphatic hydroxyl groups is 1. The van der Waals surface area contributed by atoms with Gasteiger partial charge in [0.05, 0.1) is 12.1 Å². The van der Waals surface area contributed by atoms with Crippen molar-refractivity contribution >= 4 is 11.8 Å². The summed E-state index contributed by atoms with van der Waals surface area (Å²) < 4.78 is 0. The number of rotatable bonds is 35. The lowest BCUT2D eigenvalue weighted by Crippen LogP contribution is -2.69. The monoisotopic (exact) mass is 676 g/mol. The molecule has 6 nitrogen and oxygen atoms in total. The molecule has 282 valence electrons. The van der Waals surface area contributed by atoms with Gasteiger partial charge < -0.3 is 21.5 Å². The zero-order valence-corrected chi connectivity index (χ0v) is 32.3. The highest BCUT2D eigenvalue weighted by Gasteiger charge is 2.38. The molecule has 5 N–H and O–H groups in total. The van der Waals surface area contributed by atoms with Crippen molar-refractivity contribution in [1.82, 2.24) is 10.6 Å². The highest BCUT2D eigenvalue weighted by molar-refractivity contribution is 5.77. The van der Waals surface area contributed by atoms with E-state index in [-0.39, 0.29) is 18.4 Å². The molecule has 0 rings (SSSR count). The second-order valence-corrected chi connectivity index (χ2v) is 14.5. The smallest absolute Gasteiger partial charge is 0.220 e.